The molecule has 3 N–H and O–H groups in total. The van der Waals surface area contributed by atoms with Gasteiger partial charge in [0.1, 0.15) is 6.04 Å². The van der Waals surface area contributed by atoms with Gasteiger partial charge in [-0.15, -0.1) is 0 Å². The molecule has 0 spiro atoms. The second-order valence-corrected chi connectivity index (χ2v) is 3.98. The van der Waals surface area contributed by atoms with Crippen molar-refractivity contribution in [2.75, 3.05) is 6.61 Å². The van der Waals surface area contributed by atoms with E-state index in [4.69, 9.17) is 19.7 Å². The van der Waals surface area contributed by atoms with E-state index in [0.29, 0.717) is 0 Å². The summed E-state index contributed by atoms with van der Waals surface area (Å²) < 4.78 is 9.57. The first-order valence-electron chi connectivity index (χ1n) is 5.03. The summed E-state index contributed by atoms with van der Waals surface area (Å²) in [5, 5.41) is 19.6. The molecule has 0 bridgehead atoms. The highest BCUT2D eigenvalue weighted by Gasteiger charge is 2.39. The van der Waals surface area contributed by atoms with Gasteiger partial charge in [-0.25, -0.2) is 14.4 Å². The molecule has 100 valence electrons. The van der Waals surface area contributed by atoms with Crippen LogP contribution in [0.1, 0.15) is 13.8 Å². The standard InChI is InChI=1S/C10H13NO7/c1-10(2)17-8(15)5(9(16)18-10)3-11-6(4-12)7(13)14/h3,6,11-12H,4H2,1-2H3,(H,13,14)/t6-/m0/s1. The maximum atomic E-state index is 11.4. The van der Waals surface area contributed by atoms with Gasteiger partial charge in [-0.2, -0.15) is 0 Å². The molecule has 1 heterocycles. The largest absolute Gasteiger partial charge is 0.480 e. The molecule has 0 amide bonds. The third-order valence-electron chi connectivity index (χ3n) is 2.03. The first-order chi connectivity index (χ1) is 8.26. The highest BCUT2D eigenvalue weighted by atomic mass is 16.7. The van der Waals surface area contributed by atoms with E-state index in [1.54, 1.807) is 0 Å². The molecule has 1 rings (SSSR count). The lowest BCUT2D eigenvalue weighted by Gasteiger charge is -2.29. The van der Waals surface area contributed by atoms with E-state index in [1.165, 1.54) is 13.8 Å². The summed E-state index contributed by atoms with van der Waals surface area (Å²) in [6, 6.07) is -1.33. The number of aliphatic carboxylic acids is 1. The summed E-state index contributed by atoms with van der Waals surface area (Å²) in [6.45, 7) is 2.08. The summed E-state index contributed by atoms with van der Waals surface area (Å²) >= 11 is 0. The van der Waals surface area contributed by atoms with Crippen molar-refractivity contribution in [1.82, 2.24) is 5.32 Å². The minimum absolute atomic E-state index is 0.464. The van der Waals surface area contributed by atoms with Crippen LogP contribution in [-0.4, -0.2) is 46.6 Å². The Bertz CT molecular complexity index is 390. The maximum absolute atomic E-state index is 11.4. The van der Waals surface area contributed by atoms with Gasteiger partial charge in [0.15, 0.2) is 5.57 Å². The van der Waals surface area contributed by atoms with Gasteiger partial charge in [0, 0.05) is 20.0 Å². The van der Waals surface area contributed by atoms with E-state index < -0.39 is 41.9 Å². The van der Waals surface area contributed by atoms with Crippen molar-refractivity contribution in [1.29, 1.82) is 0 Å². The molecular weight excluding hydrogens is 246 g/mol. The monoisotopic (exact) mass is 259 g/mol. The number of hydrogen-bond donors (Lipinski definition) is 3. The van der Waals surface area contributed by atoms with Gasteiger partial charge in [0.2, 0.25) is 0 Å². The number of rotatable bonds is 4. The van der Waals surface area contributed by atoms with Crippen LogP contribution >= 0.6 is 0 Å². The molecule has 0 aromatic rings. The quantitative estimate of drug-likeness (QED) is 0.325. The molecule has 0 aliphatic carbocycles. The van der Waals surface area contributed by atoms with Crippen molar-refractivity contribution in [3.05, 3.63) is 11.8 Å². The Morgan fingerprint density at radius 1 is 1.39 bits per heavy atom. The van der Waals surface area contributed by atoms with Crippen molar-refractivity contribution in [3.8, 4) is 0 Å². The molecule has 18 heavy (non-hydrogen) atoms. The Hall–Kier alpha value is -2.09. The predicted octanol–water partition coefficient (Wildman–Crippen LogP) is -1.26. The van der Waals surface area contributed by atoms with Gasteiger partial charge in [-0.05, 0) is 0 Å². The zero-order chi connectivity index (χ0) is 13.9. The van der Waals surface area contributed by atoms with Crippen molar-refractivity contribution >= 4 is 17.9 Å². The van der Waals surface area contributed by atoms with E-state index >= 15 is 0 Å². The van der Waals surface area contributed by atoms with Crippen LogP contribution in [0, 0.1) is 0 Å². The smallest absolute Gasteiger partial charge is 0.350 e. The number of carboxylic acids is 1. The van der Waals surface area contributed by atoms with E-state index in [0.717, 1.165) is 6.20 Å². The first kappa shape index (κ1) is 14.0. The van der Waals surface area contributed by atoms with Crippen LogP contribution in [0.25, 0.3) is 0 Å². The molecule has 1 atom stereocenters. The Morgan fingerprint density at radius 2 is 1.89 bits per heavy atom. The van der Waals surface area contributed by atoms with Crippen molar-refractivity contribution in [2.45, 2.75) is 25.7 Å². The fourth-order valence-corrected chi connectivity index (χ4v) is 1.16. The summed E-state index contributed by atoms with van der Waals surface area (Å²) in [5.74, 6) is -4.53. The minimum Gasteiger partial charge on any atom is -0.480 e. The normalized spacial score (nSPS) is 19.6. The SMILES string of the molecule is CC1(C)OC(=O)C(=CN[C@@H](CO)C(=O)O)C(=O)O1. The van der Waals surface area contributed by atoms with Crippen LogP contribution in [0.15, 0.2) is 11.8 Å². The van der Waals surface area contributed by atoms with E-state index in [-0.39, 0.29) is 0 Å². The molecule has 8 heteroatoms. The fraction of sp³-hybridized carbons (Fsp3) is 0.500. The summed E-state index contributed by atoms with van der Waals surface area (Å²) in [4.78, 5) is 33.5. The Kier molecular flexibility index (Phi) is 3.92. The maximum Gasteiger partial charge on any atom is 0.350 e. The summed E-state index contributed by atoms with van der Waals surface area (Å²) in [5.41, 5.74) is -0.464. The topological polar surface area (TPSA) is 122 Å². The van der Waals surface area contributed by atoms with E-state index in [9.17, 15) is 14.4 Å². The Labute approximate surface area is 102 Å². The average Bonchev–Trinajstić information content (AvgIpc) is 2.20. The number of carbonyl (C=O) groups excluding carboxylic acids is 2. The van der Waals surface area contributed by atoms with Crippen LogP contribution < -0.4 is 5.32 Å². The van der Waals surface area contributed by atoms with Gasteiger partial charge in [-0.1, -0.05) is 0 Å². The number of ether oxygens (including phenoxy) is 2. The van der Waals surface area contributed by atoms with Crippen LogP contribution in [0.3, 0.4) is 0 Å². The number of cyclic esters (lactones) is 2. The van der Waals surface area contributed by atoms with Gasteiger partial charge in [0.05, 0.1) is 6.61 Å². The summed E-state index contributed by atoms with van der Waals surface area (Å²) in [6.07, 6.45) is 0.856. The molecular formula is C10H13NO7. The number of aliphatic hydroxyl groups is 1. The van der Waals surface area contributed by atoms with Gasteiger partial charge < -0.3 is 25.0 Å². The van der Waals surface area contributed by atoms with Crippen molar-refractivity contribution < 1.29 is 34.1 Å². The number of carboxylic acid groups (broad SMARTS) is 1. The average molecular weight is 259 g/mol. The van der Waals surface area contributed by atoms with Crippen LogP contribution in [0.5, 0.6) is 0 Å². The fourth-order valence-electron chi connectivity index (χ4n) is 1.16. The number of carbonyl (C=O) groups is 3. The Morgan fingerprint density at radius 3 is 2.28 bits per heavy atom. The number of aliphatic hydroxyl groups excluding tert-OH is 1. The number of nitrogens with one attached hydrogen (secondary N) is 1. The van der Waals surface area contributed by atoms with E-state index in [1.807, 2.05) is 0 Å². The molecule has 0 aromatic carbocycles. The molecule has 1 aliphatic rings. The molecule has 0 saturated carbocycles. The van der Waals surface area contributed by atoms with E-state index in [2.05, 4.69) is 5.32 Å². The number of hydrogen-bond acceptors (Lipinski definition) is 7. The lowest BCUT2D eigenvalue weighted by Crippen LogP contribution is -2.43. The lowest BCUT2D eigenvalue weighted by atomic mass is 10.2. The highest BCUT2D eigenvalue weighted by molar-refractivity contribution is 6.15. The molecule has 0 unspecified atom stereocenters. The third-order valence-corrected chi connectivity index (χ3v) is 2.03. The highest BCUT2D eigenvalue weighted by Crippen LogP contribution is 2.21. The van der Waals surface area contributed by atoms with Crippen molar-refractivity contribution in [2.24, 2.45) is 0 Å². The predicted molar refractivity (Wildman–Crippen MR) is 56.0 cm³/mol. The number of esters is 2. The molecule has 1 fully saturated rings. The first-order valence-corrected chi connectivity index (χ1v) is 5.03. The molecule has 1 aliphatic heterocycles. The van der Waals surface area contributed by atoms with Gasteiger partial charge >= 0.3 is 17.9 Å². The second kappa shape index (κ2) is 5.05. The zero-order valence-corrected chi connectivity index (χ0v) is 9.80. The molecule has 8 nitrogen and oxygen atoms in total. The minimum atomic E-state index is -1.35. The molecule has 1 saturated heterocycles. The third kappa shape index (κ3) is 3.20. The van der Waals surface area contributed by atoms with Crippen molar-refractivity contribution in [3.63, 3.8) is 0 Å². The zero-order valence-electron chi connectivity index (χ0n) is 9.80. The second-order valence-electron chi connectivity index (χ2n) is 3.98. The van der Waals surface area contributed by atoms with Crippen LogP contribution in [-0.2, 0) is 23.9 Å². The van der Waals surface area contributed by atoms with Gasteiger partial charge in [-0.3, -0.25) is 0 Å². The molecule has 0 aromatic heterocycles. The van der Waals surface area contributed by atoms with Gasteiger partial charge in [0.25, 0.3) is 5.79 Å². The molecule has 0 radical (unpaired) electrons. The van der Waals surface area contributed by atoms with Crippen LogP contribution in [0.4, 0.5) is 0 Å². The van der Waals surface area contributed by atoms with Crippen LogP contribution in [0.2, 0.25) is 0 Å². The Balaban J connectivity index is 2.80. The lowest BCUT2D eigenvalue weighted by molar-refractivity contribution is -0.222. The summed E-state index contributed by atoms with van der Waals surface area (Å²) in [7, 11) is 0.